The van der Waals surface area contributed by atoms with E-state index in [-0.39, 0.29) is 34.5 Å². The van der Waals surface area contributed by atoms with Crippen molar-refractivity contribution in [3.8, 4) is 0 Å². The number of esters is 1. The first-order valence-corrected chi connectivity index (χ1v) is 22.6. The summed E-state index contributed by atoms with van der Waals surface area (Å²) in [4.78, 5) is 28.4. The van der Waals surface area contributed by atoms with E-state index in [2.05, 4.69) is 54.5 Å². The second-order valence-electron chi connectivity index (χ2n) is 21.1. The van der Waals surface area contributed by atoms with Gasteiger partial charge in [-0.25, -0.2) is 0 Å². The zero-order valence-electron chi connectivity index (χ0n) is 36.2. The van der Waals surface area contributed by atoms with Crippen LogP contribution in [0.25, 0.3) is 0 Å². The maximum Gasteiger partial charge on any atom is 0.306 e. The van der Waals surface area contributed by atoms with Crippen LogP contribution in [-0.4, -0.2) is 47.0 Å². The molecule has 4 rings (SSSR count). The number of carbonyl (C=O) groups is 2. The monoisotopic (exact) mass is 740 g/mol. The molecule has 3 saturated carbocycles. The van der Waals surface area contributed by atoms with Gasteiger partial charge in [-0.1, -0.05) is 91.2 Å². The van der Waals surface area contributed by atoms with Gasteiger partial charge in [0.2, 0.25) is 5.91 Å². The molecule has 0 aromatic rings. The number of nitrogens with two attached hydrogens (primary N) is 2. The van der Waals surface area contributed by atoms with E-state index < -0.39 is 0 Å². The van der Waals surface area contributed by atoms with Crippen LogP contribution >= 0.6 is 0 Å². The Morgan fingerprint density at radius 2 is 1.51 bits per heavy atom. The Morgan fingerprint density at radius 1 is 0.811 bits per heavy atom. The van der Waals surface area contributed by atoms with Crippen molar-refractivity contribution in [1.29, 1.82) is 0 Å². The Balaban J connectivity index is 1.22. The van der Waals surface area contributed by atoms with E-state index >= 15 is 0 Å². The molecule has 8 atom stereocenters. The van der Waals surface area contributed by atoms with Crippen LogP contribution in [0.2, 0.25) is 0 Å². The van der Waals surface area contributed by atoms with Crippen molar-refractivity contribution in [2.45, 2.75) is 214 Å². The van der Waals surface area contributed by atoms with Crippen LogP contribution in [0.3, 0.4) is 0 Å². The molecule has 3 fully saturated rings. The van der Waals surface area contributed by atoms with E-state index in [4.69, 9.17) is 16.2 Å². The fourth-order valence-electron chi connectivity index (χ4n) is 11.7. The second-order valence-corrected chi connectivity index (χ2v) is 21.1. The summed E-state index contributed by atoms with van der Waals surface area (Å²) in [5, 5.41) is 0. The van der Waals surface area contributed by atoms with Gasteiger partial charge in [0, 0.05) is 43.4 Å². The second kappa shape index (κ2) is 19.2. The maximum atomic E-state index is 13.3. The highest BCUT2D eigenvalue weighted by Crippen LogP contribution is 2.67. The van der Waals surface area contributed by atoms with Crippen molar-refractivity contribution < 1.29 is 14.3 Å². The molecular formula is C47H85N3O3. The number of ether oxygens (including phenoxy) is 1. The van der Waals surface area contributed by atoms with Gasteiger partial charge in [-0.15, -0.1) is 0 Å². The topological polar surface area (TPSA) is 98.7 Å². The number of unbranched alkanes of at least 4 members (excludes halogenated alkanes) is 4. The summed E-state index contributed by atoms with van der Waals surface area (Å²) in [5.74, 6) is 5.00. The zero-order valence-corrected chi connectivity index (χ0v) is 36.2. The van der Waals surface area contributed by atoms with E-state index in [1.807, 2.05) is 18.7 Å². The van der Waals surface area contributed by atoms with Crippen molar-refractivity contribution in [3.05, 3.63) is 11.6 Å². The average Bonchev–Trinajstić information content (AvgIpc) is 3.42. The number of hydrogen-bond acceptors (Lipinski definition) is 5. The molecule has 0 radical (unpaired) electrons. The first kappa shape index (κ1) is 44.3. The Morgan fingerprint density at radius 3 is 2.21 bits per heavy atom. The predicted octanol–water partition coefficient (Wildman–Crippen LogP) is 11.1. The van der Waals surface area contributed by atoms with Crippen LogP contribution in [0.5, 0.6) is 0 Å². The highest BCUT2D eigenvalue weighted by molar-refractivity contribution is 5.77. The number of hydrogen-bond donors (Lipinski definition) is 2. The van der Waals surface area contributed by atoms with Crippen molar-refractivity contribution in [2.24, 2.45) is 57.8 Å². The summed E-state index contributed by atoms with van der Waals surface area (Å²) in [6.45, 7) is 22.2. The number of amides is 1. The summed E-state index contributed by atoms with van der Waals surface area (Å²) in [6, 6.07) is 0. The van der Waals surface area contributed by atoms with Crippen molar-refractivity contribution in [1.82, 2.24) is 4.90 Å². The molecule has 4 N–H and O–H groups in total. The Hall–Kier alpha value is -1.40. The van der Waals surface area contributed by atoms with Gasteiger partial charge in [0.25, 0.3) is 0 Å². The molecule has 0 bridgehead atoms. The minimum atomic E-state index is -0.315. The van der Waals surface area contributed by atoms with Gasteiger partial charge in [0.05, 0.1) is 0 Å². The van der Waals surface area contributed by atoms with Crippen LogP contribution in [0.15, 0.2) is 11.6 Å². The van der Waals surface area contributed by atoms with Gasteiger partial charge in [-0.05, 0) is 145 Å². The fourth-order valence-corrected chi connectivity index (χ4v) is 11.7. The molecule has 1 amide bonds. The van der Waals surface area contributed by atoms with Gasteiger partial charge < -0.3 is 21.1 Å². The molecule has 0 aromatic carbocycles. The highest BCUT2D eigenvalue weighted by atomic mass is 16.5. The third kappa shape index (κ3) is 12.5. The Kier molecular flexibility index (Phi) is 16.0. The van der Waals surface area contributed by atoms with Gasteiger partial charge in [0.1, 0.15) is 6.10 Å². The molecule has 6 nitrogen and oxygen atoms in total. The lowest BCUT2D eigenvalue weighted by Gasteiger charge is -2.58. The standard InChI is InChI=1S/C47H85N3O3/c1-34(2)17-15-18-35(3)39-23-24-40-38-22-21-36-33-37(25-28-46(36,8)41(38)26-29-47(39,40)9)53-43(52)20-16-19-42(51)50(32-30-45(6,7)49)31-14-12-10-11-13-27-44(4,5)48/h21,34-35,37-41H,10-20,22-33,48-49H2,1-9H3. The predicted molar refractivity (Wildman–Crippen MR) is 222 cm³/mol. The van der Waals surface area contributed by atoms with E-state index in [0.29, 0.717) is 31.2 Å². The minimum Gasteiger partial charge on any atom is -0.462 e. The van der Waals surface area contributed by atoms with Crippen molar-refractivity contribution >= 4 is 11.9 Å². The SMILES string of the molecule is CC(C)CCCC(C)C1CCC2C3CC=C4CC(OC(=O)CCCC(=O)N(CCCCCCCC(C)(C)N)CCC(C)(C)N)CCC4(C)C3CCC12C. The number of fused-ring (bicyclic) bond motifs is 5. The molecule has 0 saturated heterocycles. The summed E-state index contributed by atoms with van der Waals surface area (Å²) < 4.78 is 6.13. The van der Waals surface area contributed by atoms with E-state index in [1.54, 1.807) is 5.57 Å². The fraction of sp³-hybridized carbons (Fsp3) is 0.915. The molecule has 4 aliphatic rings. The minimum absolute atomic E-state index is 0.0234. The largest absolute Gasteiger partial charge is 0.462 e. The molecule has 53 heavy (non-hydrogen) atoms. The van der Waals surface area contributed by atoms with Crippen LogP contribution < -0.4 is 11.5 Å². The number of nitrogens with zero attached hydrogens (tertiary/aromatic N) is 1. The van der Waals surface area contributed by atoms with Gasteiger partial charge in [0.15, 0.2) is 0 Å². The molecule has 0 spiro atoms. The Labute approximate surface area is 327 Å². The summed E-state index contributed by atoms with van der Waals surface area (Å²) in [7, 11) is 0. The lowest BCUT2D eigenvalue weighted by atomic mass is 9.47. The highest BCUT2D eigenvalue weighted by Gasteiger charge is 2.59. The molecule has 8 unspecified atom stereocenters. The quantitative estimate of drug-likeness (QED) is 0.0694. The van der Waals surface area contributed by atoms with Crippen LogP contribution in [0.4, 0.5) is 0 Å². The van der Waals surface area contributed by atoms with E-state index in [1.165, 1.54) is 64.2 Å². The first-order chi connectivity index (χ1) is 24.8. The molecule has 6 heteroatoms. The van der Waals surface area contributed by atoms with Crippen LogP contribution in [-0.2, 0) is 14.3 Å². The summed E-state index contributed by atoms with van der Waals surface area (Å²) >= 11 is 0. The molecular weight excluding hydrogens is 655 g/mol. The van der Waals surface area contributed by atoms with Crippen LogP contribution in [0, 0.1) is 46.3 Å². The van der Waals surface area contributed by atoms with E-state index in [9.17, 15) is 9.59 Å². The van der Waals surface area contributed by atoms with Gasteiger partial charge in [-0.3, -0.25) is 9.59 Å². The number of rotatable bonds is 21. The molecule has 306 valence electrons. The third-order valence-corrected chi connectivity index (χ3v) is 15.0. The average molecular weight is 740 g/mol. The Bertz CT molecular complexity index is 1200. The third-order valence-electron chi connectivity index (χ3n) is 15.0. The normalized spacial score (nSPS) is 30.6. The maximum absolute atomic E-state index is 13.3. The lowest BCUT2D eigenvalue weighted by molar-refractivity contribution is -0.151. The van der Waals surface area contributed by atoms with Crippen molar-refractivity contribution in [2.75, 3.05) is 13.1 Å². The van der Waals surface area contributed by atoms with E-state index in [0.717, 1.165) is 93.4 Å². The first-order valence-electron chi connectivity index (χ1n) is 22.6. The van der Waals surface area contributed by atoms with Crippen LogP contribution in [0.1, 0.15) is 197 Å². The lowest BCUT2D eigenvalue weighted by Crippen LogP contribution is -2.51. The smallest absolute Gasteiger partial charge is 0.306 e. The van der Waals surface area contributed by atoms with Gasteiger partial charge in [-0.2, -0.15) is 0 Å². The summed E-state index contributed by atoms with van der Waals surface area (Å²) in [6.07, 6.45) is 25.3. The molecule has 4 aliphatic carbocycles. The summed E-state index contributed by atoms with van der Waals surface area (Å²) in [5.41, 5.74) is 14.3. The molecule has 0 heterocycles. The van der Waals surface area contributed by atoms with Crippen molar-refractivity contribution in [3.63, 3.8) is 0 Å². The van der Waals surface area contributed by atoms with Gasteiger partial charge >= 0.3 is 5.97 Å². The zero-order chi connectivity index (χ0) is 39.0. The number of allylic oxidation sites excluding steroid dienone is 1. The molecule has 0 aliphatic heterocycles. The number of carbonyl (C=O) groups excluding carboxylic acids is 2. The molecule has 0 aromatic heterocycles.